The topological polar surface area (TPSA) is 30.0 Å². The van der Waals surface area contributed by atoms with Crippen molar-refractivity contribution in [2.75, 3.05) is 0 Å². The van der Waals surface area contributed by atoms with Crippen molar-refractivity contribution in [2.24, 2.45) is 0 Å². The van der Waals surface area contributed by atoms with Crippen molar-refractivity contribution >= 4 is 5.78 Å². The minimum absolute atomic E-state index is 0.0172. The van der Waals surface area contributed by atoms with Gasteiger partial charge in [-0.1, -0.05) is 45.0 Å². The number of carbonyl (C=O) groups excluding carboxylic acids is 1. The summed E-state index contributed by atoms with van der Waals surface area (Å²) in [4.78, 5) is 16.1. The third-order valence-corrected chi connectivity index (χ3v) is 2.94. The third-order valence-electron chi connectivity index (χ3n) is 2.94. The highest BCUT2D eigenvalue weighted by atomic mass is 16.1. The van der Waals surface area contributed by atoms with E-state index in [1.165, 1.54) is 5.56 Å². The van der Waals surface area contributed by atoms with Gasteiger partial charge in [-0.25, -0.2) is 0 Å². The number of hydrogen-bond acceptors (Lipinski definition) is 2. The van der Waals surface area contributed by atoms with E-state index in [4.69, 9.17) is 0 Å². The van der Waals surface area contributed by atoms with Gasteiger partial charge >= 0.3 is 0 Å². The van der Waals surface area contributed by atoms with E-state index in [2.05, 4.69) is 25.8 Å². The monoisotopic (exact) mass is 239 g/mol. The zero-order valence-electron chi connectivity index (χ0n) is 11.0. The quantitative estimate of drug-likeness (QED) is 0.749. The van der Waals surface area contributed by atoms with Crippen LogP contribution in [0.3, 0.4) is 0 Å². The Bertz CT molecular complexity index is 536. The van der Waals surface area contributed by atoms with Gasteiger partial charge in [0.1, 0.15) is 0 Å². The summed E-state index contributed by atoms with van der Waals surface area (Å²) in [6.45, 7) is 6.47. The van der Waals surface area contributed by atoms with Gasteiger partial charge in [0.2, 0.25) is 0 Å². The van der Waals surface area contributed by atoms with E-state index in [1.807, 2.05) is 24.3 Å². The fourth-order valence-corrected chi connectivity index (χ4v) is 1.79. The molecule has 1 aromatic carbocycles. The molecule has 0 amide bonds. The summed E-state index contributed by atoms with van der Waals surface area (Å²) in [7, 11) is 0. The Hall–Kier alpha value is -1.96. The highest BCUT2D eigenvalue weighted by Gasteiger charge is 2.14. The standard InChI is InChI=1S/C16H17NO/c1-16(2,3)14-8-6-12(7-9-14)15(18)13-5-4-10-17-11-13/h4-11H,1-3H3. The van der Waals surface area contributed by atoms with Crippen molar-refractivity contribution in [3.8, 4) is 0 Å². The maximum Gasteiger partial charge on any atom is 0.194 e. The van der Waals surface area contributed by atoms with Crippen LogP contribution in [0.25, 0.3) is 0 Å². The molecule has 0 unspecified atom stereocenters. The Balaban J connectivity index is 2.28. The molecule has 1 aromatic heterocycles. The molecule has 0 saturated heterocycles. The Morgan fingerprint density at radius 1 is 1.00 bits per heavy atom. The second kappa shape index (κ2) is 4.73. The fraction of sp³-hybridized carbons (Fsp3) is 0.250. The van der Waals surface area contributed by atoms with Crippen molar-refractivity contribution in [1.82, 2.24) is 4.98 Å². The summed E-state index contributed by atoms with van der Waals surface area (Å²) >= 11 is 0. The van der Waals surface area contributed by atoms with E-state index >= 15 is 0 Å². The highest BCUT2D eigenvalue weighted by molar-refractivity contribution is 6.08. The van der Waals surface area contributed by atoms with Crippen molar-refractivity contribution in [3.05, 3.63) is 65.5 Å². The van der Waals surface area contributed by atoms with Crippen molar-refractivity contribution in [3.63, 3.8) is 0 Å². The second-order valence-electron chi connectivity index (χ2n) is 5.40. The molecular weight excluding hydrogens is 222 g/mol. The third kappa shape index (κ3) is 2.65. The van der Waals surface area contributed by atoms with Crippen molar-refractivity contribution in [1.29, 1.82) is 0 Å². The van der Waals surface area contributed by atoms with Crippen LogP contribution in [0.15, 0.2) is 48.8 Å². The molecule has 0 atom stereocenters. The highest BCUT2D eigenvalue weighted by Crippen LogP contribution is 2.22. The minimum Gasteiger partial charge on any atom is -0.289 e. The van der Waals surface area contributed by atoms with Gasteiger partial charge in [0.15, 0.2) is 5.78 Å². The first-order chi connectivity index (χ1) is 8.48. The minimum atomic E-state index is 0.0172. The summed E-state index contributed by atoms with van der Waals surface area (Å²) in [6.07, 6.45) is 3.26. The first-order valence-corrected chi connectivity index (χ1v) is 6.04. The zero-order valence-corrected chi connectivity index (χ0v) is 11.0. The number of pyridine rings is 1. The van der Waals surface area contributed by atoms with Gasteiger partial charge in [-0.3, -0.25) is 9.78 Å². The molecule has 2 aromatic rings. The van der Waals surface area contributed by atoms with Crippen LogP contribution in [-0.2, 0) is 5.41 Å². The van der Waals surface area contributed by atoms with Gasteiger partial charge in [-0.15, -0.1) is 0 Å². The number of aromatic nitrogens is 1. The van der Waals surface area contributed by atoms with Gasteiger partial charge in [0.25, 0.3) is 0 Å². The number of nitrogens with zero attached hydrogens (tertiary/aromatic N) is 1. The zero-order chi connectivity index (χ0) is 13.2. The summed E-state index contributed by atoms with van der Waals surface area (Å²) in [5, 5.41) is 0. The summed E-state index contributed by atoms with van der Waals surface area (Å²) in [5.41, 5.74) is 2.66. The molecule has 0 saturated carbocycles. The average Bonchev–Trinajstić information content (AvgIpc) is 2.38. The Morgan fingerprint density at radius 2 is 1.67 bits per heavy atom. The molecule has 0 aliphatic rings. The molecule has 0 spiro atoms. The second-order valence-corrected chi connectivity index (χ2v) is 5.40. The lowest BCUT2D eigenvalue weighted by Crippen LogP contribution is -2.11. The predicted octanol–water partition coefficient (Wildman–Crippen LogP) is 3.61. The molecule has 1 heterocycles. The van der Waals surface area contributed by atoms with Crippen LogP contribution >= 0.6 is 0 Å². The van der Waals surface area contributed by atoms with E-state index in [1.54, 1.807) is 24.5 Å². The normalized spacial score (nSPS) is 11.3. The van der Waals surface area contributed by atoms with Crippen LogP contribution in [0.4, 0.5) is 0 Å². The average molecular weight is 239 g/mol. The lowest BCUT2D eigenvalue weighted by Gasteiger charge is -2.18. The van der Waals surface area contributed by atoms with Crippen LogP contribution in [0, 0.1) is 0 Å². The Kier molecular flexibility index (Phi) is 3.28. The molecular formula is C16H17NO. The van der Waals surface area contributed by atoms with Crippen LogP contribution in [0.2, 0.25) is 0 Å². The Labute approximate surface area is 108 Å². The first-order valence-electron chi connectivity index (χ1n) is 6.04. The van der Waals surface area contributed by atoms with Gasteiger partial charge in [-0.05, 0) is 23.1 Å². The van der Waals surface area contributed by atoms with Crippen LogP contribution in [0.1, 0.15) is 42.3 Å². The molecule has 92 valence electrons. The number of ketones is 1. The summed E-state index contributed by atoms with van der Waals surface area (Å²) in [6, 6.07) is 11.4. The lowest BCUT2D eigenvalue weighted by molar-refractivity contribution is 0.103. The van der Waals surface area contributed by atoms with Gasteiger partial charge in [-0.2, -0.15) is 0 Å². The fourth-order valence-electron chi connectivity index (χ4n) is 1.79. The summed E-state index contributed by atoms with van der Waals surface area (Å²) in [5.74, 6) is 0.0172. The smallest absolute Gasteiger partial charge is 0.194 e. The van der Waals surface area contributed by atoms with Crippen LogP contribution < -0.4 is 0 Å². The molecule has 0 radical (unpaired) electrons. The molecule has 0 aliphatic heterocycles. The van der Waals surface area contributed by atoms with Gasteiger partial charge < -0.3 is 0 Å². The SMILES string of the molecule is CC(C)(C)c1ccc(C(=O)c2cccnc2)cc1. The first kappa shape index (κ1) is 12.5. The van der Waals surface area contributed by atoms with E-state index in [-0.39, 0.29) is 11.2 Å². The molecule has 2 nitrogen and oxygen atoms in total. The van der Waals surface area contributed by atoms with Crippen LogP contribution in [-0.4, -0.2) is 10.8 Å². The molecule has 0 fully saturated rings. The van der Waals surface area contributed by atoms with Crippen LogP contribution in [0.5, 0.6) is 0 Å². The number of hydrogen-bond donors (Lipinski definition) is 0. The van der Waals surface area contributed by atoms with E-state index in [0.29, 0.717) is 11.1 Å². The van der Waals surface area contributed by atoms with E-state index in [9.17, 15) is 4.79 Å². The number of rotatable bonds is 2. The molecule has 2 heteroatoms. The molecule has 0 bridgehead atoms. The molecule has 0 N–H and O–H groups in total. The maximum absolute atomic E-state index is 12.2. The van der Waals surface area contributed by atoms with Crippen molar-refractivity contribution in [2.45, 2.75) is 26.2 Å². The molecule has 0 aliphatic carbocycles. The summed E-state index contributed by atoms with van der Waals surface area (Å²) < 4.78 is 0. The molecule has 2 rings (SSSR count). The van der Waals surface area contributed by atoms with E-state index < -0.39 is 0 Å². The molecule has 18 heavy (non-hydrogen) atoms. The number of carbonyl (C=O) groups is 1. The largest absolute Gasteiger partial charge is 0.289 e. The van der Waals surface area contributed by atoms with Gasteiger partial charge in [0.05, 0.1) is 0 Å². The van der Waals surface area contributed by atoms with Gasteiger partial charge in [0, 0.05) is 23.5 Å². The lowest BCUT2D eigenvalue weighted by atomic mass is 9.86. The van der Waals surface area contributed by atoms with E-state index in [0.717, 1.165) is 0 Å². The van der Waals surface area contributed by atoms with Crippen molar-refractivity contribution < 1.29 is 4.79 Å². The maximum atomic E-state index is 12.2. The predicted molar refractivity (Wildman–Crippen MR) is 72.8 cm³/mol. The number of benzene rings is 1. The Morgan fingerprint density at radius 3 is 2.17 bits per heavy atom.